The maximum atomic E-state index is 13.4. The van der Waals surface area contributed by atoms with E-state index in [1.165, 1.54) is 6.07 Å². The molecular weight excluding hydrogens is 397 g/mol. The molecule has 0 saturated carbocycles. The van der Waals surface area contributed by atoms with Gasteiger partial charge in [0.15, 0.2) is 17.5 Å². The SMILES string of the molecule is CCOCCCCN=C(NCCc1cccc(F)c1)Nc1ccc2c(c1)OCCCO2. The van der Waals surface area contributed by atoms with E-state index in [2.05, 4.69) is 15.6 Å². The Morgan fingerprint density at radius 1 is 1.10 bits per heavy atom. The molecule has 1 aliphatic rings. The van der Waals surface area contributed by atoms with Crippen LogP contribution in [-0.2, 0) is 11.2 Å². The van der Waals surface area contributed by atoms with E-state index in [0.717, 1.165) is 55.2 Å². The number of hydrogen-bond acceptors (Lipinski definition) is 4. The fourth-order valence-corrected chi connectivity index (χ4v) is 3.19. The van der Waals surface area contributed by atoms with Gasteiger partial charge in [0, 0.05) is 44.5 Å². The molecule has 1 aliphatic heterocycles. The van der Waals surface area contributed by atoms with E-state index in [4.69, 9.17) is 14.2 Å². The van der Waals surface area contributed by atoms with Gasteiger partial charge in [-0.25, -0.2) is 4.39 Å². The van der Waals surface area contributed by atoms with Crippen LogP contribution in [0.25, 0.3) is 0 Å². The molecule has 1 heterocycles. The Morgan fingerprint density at radius 2 is 1.97 bits per heavy atom. The molecule has 2 aromatic rings. The summed E-state index contributed by atoms with van der Waals surface area (Å²) in [5, 5.41) is 6.69. The summed E-state index contributed by atoms with van der Waals surface area (Å²) in [6.45, 7) is 6.12. The Bertz CT molecular complexity index is 845. The molecule has 31 heavy (non-hydrogen) atoms. The molecular formula is C24H32FN3O3. The number of fused-ring (bicyclic) bond motifs is 1. The van der Waals surface area contributed by atoms with Crippen molar-refractivity contribution in [2.75, 3.05) is 44.8 Å². The molecule has 0 radical (unpaired) electrons. The second-order valence-electron chi connectivity index (χ2n) is 7.28. The molecule has 0 unspecified atom stereocenters. The van der Waals surface area contributed by atoms with Gasteiger partial charge < -0.3 is 24.8 Å². The summed E-state index contributed by atoms with van der Waals surface area (Å²) in [5.41, 5.74) is 1.81. The van der Waals surface area contributed by atoms with Crippen LogP contribution in [0.5, 0.6) is 11.5 Å². The molecule has 0 atom stereocenters. The fourth-order valence-electron chi connectivity index (χ4n) is 3.19. The van der Waals surface area contributed by atoms with Crippen molar-refractivity contribution >= 4 is 11.6 Å². The van der Waals surface area contributed by atoms with Crippen molar-refractivity contribution in [2.24, 2.45) is 4.99 Å². The van der Waals surface area contributed by atoms with Crippen molar-refractivity contribution in [2.45, 2.75) is 32.6 Å². The van der Waals surface area contributed by atoms with Crippen molar-refractivity contribution in [3.05, 3.63) is 53.8 Å². The normalized spacial score (nSPS) is 13.5. The second-order valence-corrected chi connectivity index (χ2v) is 7.28. The van der Waals surface area contributed by atoms with Gasteiger partial charge in [-0.2, -0.15) is 0 Å². The molecule has 0 fully saturated rings. The van der Waals surface area contributed by atoms with E-state index in [-0.39, 0.29) is 5.82 Å². The summed E-state index contributed by atoms with van der Waals surface area (Å²) >= 11 is 0. The van der Waals surface area contributed by atoms with Crippen LogP contribution in [-0.4, -0.2) is 45.5 Å². The molecule has 2 aromatic carbocycles. The van der Waals surface area contributed by atoms with Gasteiger partial charge in [-0.05, 0) is 56.0 Å². The Balaban J connectivity index is 1.59. The number of anilines is 1. The van der Waals surface area contributed by atoms with E-state index < -0.39 is 0 Å². The summed E-state index contributed by atoms with van der Waals surface area (Å²) in [6, 6.07) is 12.5. The number of unbranched alkanes of at least 4 members (excludes halogenated alkanes) is 1. The lowest BCUT2D eigenvalue weighted by molar-refractivity contribution is 0.144. The number of ether oxygens (including phenoxy) is 3. The zero-order valence-corrected chi connectivity index (χ0v) is 18.2. The van der Waals surface area contributed by atoms with Gasteiger partial charge >= 0.3 is 0 Å². The molecule has 0 aliphatic carbocycles. The van der Waals surface area contributed by atoms with E-state index in [0.29, 0.717) is 38.7 Å². The van der Waals surface area contributed by atoms with E-state index in [9.17, 15) is 4.39 Å². The summed E-state index contributed by atoms with van der Waals surface area (Å²) in [5.74, 6) is 1.96. The lowest BCUT2D eigenvalue weighted by atomic mass is 10.1. The third-order valence-corrected chi connectivity index (χ3v) is 4.78. The number of rotatable bonds is 10. The number of hydrogen-bond donors (Lipinski definition) is 2. The van der Waals surface area contributed by atoms with Crippen LogP contribution in [0.2, 0.25) is 0 Å². The van der Waals surface area contributed by atoms with Crippen molar-refractivity contribution < 1.29 is 18.6 Å². The average molecular weight is 430 g/mol. The van der Waals surface area contributed by atoms with Crippen molar-refractivity contribution in [3.63, 3.8) is 0 Å². The molecule has 0 aromatic heterocycles. The number of nitrogens with one attached hydrogen (secondary N) is 2. The first-order valence-electron chi connectivity index (χ1n) is 11.0. The average Bonchev–Trinajstić information content (AvgIpc) is 3.01. The van der Waals surface area contributed by atoms with Crippen LogP contribution in [0, 0.1) is 5.82 Å². The van der Waals surface area contributed by atoms with Crippen LogP contribution in [0.4, 0.5) is 10.1 Å². The molecule has 7 heteroatoms. The van der Waals surface area contributed by atoms with Crippen molar-refractivity contribution in [1.82, 2.24) is 5.32 Å². The highest BCUT2D eigenvalue weighted by atomic mass is 19.1. The maximum absolute atomic E-state index is 13.4. The van der Waals surface area contributed by atoms with Crippen LogP contribution >= 0.6 is 0 Å². The summed E-state index contributed by atoms with van der Waals surface area (Å²) in [4.78, 5) is 4.69. The van der Waals surface area contributed by atoms with Gasteiger partial charge in [-0.1, -0.05) is 12.1 Å². The van der Waals surface area contributed by atoms with Crippen LogP contribution in [0.15, 0.2) is 47.5 Å². The number of halogens is 1. The van der Waals surface area contributed by atoms with Crippen LogP contribution in [0.1, 0.15) is 31.7 Å². The van der Waals surface area contributed by atoms with Gasteiger partial charge in [0.25, 0.3) is 0 Å². The third kappa shape index (κ3) is 8.09. The van der Waals surface area contributed by atoms with E-state index in [1.54, 1.807) is 12.1 Å². The highest BCUT2D eigenvalue weighted by molar-refractivity contribution is 5.94. The monoisotopic (exact) mass is 429 g/mol. The maximum Gasteiger partial charge on any atom is 0.195 e. The van der Waals surface area contributed by atoms with Gasteiger partial charge in [0.1, 0.15) is 5.82 Å². The van der Waals surface area contributed by atoms with Gasteiger partial charge in [0.2, 0.25) is 0 Å². The molecule has 2 N–H and O–H groups in total. The predicted molar refractivity (Wildman–Crippen MR) is 122 cm³/mol. The predicted octanol–water partition coefficient (Wildman–Crippen LogP) is 4.40. The fraction of sp³-hybridized carbons (Fsp3) is 0.458. The molecule has 0 bridgehead atoms. The zero-order chi connectivity index (χ0) is 21.7. The topological polar surface area (TPSA) is 64.1 Å². The molecule has 0 spiro atoms. The quantitative estimate of drug-likeness (QED) is 0.333. The minimum absolute atomic E-state index is 0.217. The first-order chi connectivity index (χ1) is 15.2. The Kier molecular flexibility index (Phi) is 9.44. The Hall–Kier alpha value is -2.80. The lowest BCUT2D eigenvalue weighted by Gasteiger charge is -2.15. The number of guanidine groups is 1. The minimum Gasteiger partial charge on any atom is -0.490 e. The summed E-state index contributed by atoms with van der Waals surface area (Å²) < 4.78 is 30.3. The lowest BCUT2D eigenvalue weighted by Crippen LogP contribution is -2.32. The minimum atomic E-state index is -0.217. The van der Waals surface area contributed by atoms with Gasteiger partial charge in [-0.15, -0.1) is 0 Å². The van der Waals surface area contributed by atoms with E-state index in [1.807, 2.05) is 31.2 Å². The second kappa shape index (κ2) is 12.8. The molecule has 6 nitrogen and oxygen atoms in total. The first-order valence-corrected chi connectivity index (χ1v) is 11.0. The van der Waals surface area contributed by atoms with E-state index >= 15 is 0 Å². The Labute approximate surface area is 183 Å². The molecule has 0 amide bonds. The van der Waals surface area contributed by atoms with Crippen molar-refractivity contribution in [1.29, 1.82) is 0 Å². The first kappa shape index (κ1) is 22.9. The highest BCUT2D eigenvalue weighted by Crippen LogP contribution is 2.32. The highest BCUT2D eigenvalue weighted by Gasteiger charge is 2.11. The Morgan fingerprint density at radius 3 is 2.81 bits per heavy atom. The van der Waals surface area contributed by atoms with Crippen LogP contribution in [0.3, 0.4) is 0 Å². The summed E-state index contributed by atoms with van der Waals surface area (Å²) in [7, 11) is 0. The zero-order valence-electron chi connectivity index (χ0n) is 18.2. The van der Waals surface area contributed by atoms with Crippen molar-refractivity contribution in [3.8, 4) is 11.5 Å². The third-order valence-electron chi connectivity index (χ3n) is 4.78. The largest absolute Gasteiger partial charge is 0.490 e. The standard InChI is InChI=1S/C24H32FN3O3/c1-2-29-14-4-3-12-26-24(27-13-11-19-7-5-8-20(25)17-19)28-21-9-10-22-23(18-21)31-16-6-15-30-22/h5,7-10,17-18H,2-4,6,11-16H2,1H3,(H2,26,27,28). The van der Waals surface area contributed by atoms with Crippen LogP contribution < -0.4 is 20.1 Å². The molecule has 0 saturated heterocycles. The molecule has 3 rings (SSSR count). The summed E-state index contributed by atoms with van der Waals surface area (Å²) in [6.07, 6.45) is 3.48. The van der Waals surface area contributed by atoms with Gasteiger partial charge in [-0.3, -0.25) is 4.99 Å². The number of benzene rings is 2. The number of nitrogens with zero attached hydrogens (tertiary/aromatic N) is 1. The van der Waals surface area contributed by atoms with Gasteiger partial charge in [0.05, 0.1) is 13.2 Å². The smallest absolute Gasteiger partial charge is 0.195 e. The number of aliphatic imine (C=N–C) groups is 1. The molecule has 168 valence electrons.